The molecule has 0 amide bonds. The number of Topliss-reactive ketones (excluding diaryl/α,β-unsaturated/α-hetero) is 1. The first kappa shape index (κ1) is 14.7. The molecule has 0 spiro atoms. The van der Waals surface area contributed by atoms with Gasteiger partial charge < -0.3 is 4.90 Å². The van der Waals surface area contributed by atoms with Gasteiger partial charge in [-0.05, 0) is 24.3 Å². The van der Waals surface area contributed by atoms with Gasteiger partial charge in [-0.1, -0.05) is 18.2 Å². The second-order valence-electron chi connectivity index (χ2n) is 4.50. The monoisotopic (exact) mass is 286 g/mol. The Balaban J connectivity index is 2.26. The molecule has 0 aromatic heterocycles. The molecule has 0 radical (unpaired) electrons. The predicted molar refractivity (Wildman–Crippen MR) is 75.1 cm³/mol. The SMILES string of the molecule is CN(CC(=O)c1c(F)cccc1F)c1ccccc1C#N. The second kappa shape index (κ2) is 6.14. The summed E-state index contributed by atoms with van der Waals surface area (Å²) in [5.74, 6) is -2.45. The molecule has 2 aromatic rings. The average molecular weight is 286 g/mol. The number of hydrogen-bond acceptors (Lipinski definition) is 3. The van der Waals surface area contributed by atoms with E-state index in [-0.39, 0.29) is 6.54 Å². The molecule has 21 heavy (non-hydrogen) atoms. The van der Waals surface area contributed by atoms with Gasteiger partial charge in [0.1, 0.15) is 17.7 Å². The first-order chi connectivity index (χ1) is 10.0. The van der Waals surface area contributed by atoms with Crippen LogP contribution in [0.4, 0.5) is 14.5 Å². The van der Waals surface area contributed by atoms with Gasteiger partial charge in [-0.15, -0.1) is 0 Å². The number of para-hydroxylation sites is 1. The highest BCUT2D eigenvalue weighted by molar-refractivity contribution is 5.99. The lowest BCUT2D eigenvalue weighted by molar-refractivity contribution is 0.0992. The molecule has 0 heterocycles. The smallest absolute Gasteiger partial charge is 0.187 e. The number of anilines is 1. The fourth-order valence-electron chi connectivity index (χ4n) is 2.04. The zero-order valence-electron chi connectivity index (χ0n) is 11.3. The molecule has 5 heteroatoms. The standard InChI is InChI=1S/C16H12F2N2O/c1-20(14-8-3-2-5-11(14)9-19)10-15(21)16-12(17)6-4-7-13(16)18/h2-8H,10H2,1H3. The maximum atomic E-state index is 13.6. The van der Waals surface area contributed by atoms with E-state index in [0.717, 1.165) is 12.1 Å². The van der Waals surface area contributed by atoms with E-state index >= 15 is 0 Å². The van der Waals surface area contributed by atoms with E-state index in [4.69, 9.17) is 5.26 Å². The molecule has 2 aromatic carbocycles. The molecule has 0 bridgehead atoms. The number of carbonyl (C=O) groups is 1. The van der Waals surface area contributed by atoms with Crippen LogP contribution in [-0.2, 0) is 0 Å². The Bertz CT molecular complexity index is 702. The lowest BCUT2D eigenvalue weighted by Gasteiger charge is -2.19. The Morgan fingerprint density at radius 3 is 2.38 bits per heavy atom. The van der Waals surface area contributed by atoms with Gasteiger partial charge in [0.05, 0.1) is 23.4 Å². The van der Waals surface area contributed by atoms with Crippen molar-refractivity contribution in [2.24, 2.45) is 0 Å². The molecule has 0 aliphatic carbocycles. The maximum absolute atomic E-state index is 13.6. The molecule has 2 rings (SSSR count). The van der Waals surface area contributed by atoms with Crippen LogP contribution in [0.3, 0.4) is 0 Å². The zero-order valence-corrected chi connectivity index (χ0v) is 11.3. The van der Waals surface area contributed by atoms with Crippen molar-refractivity contribution in [1.82, 2.24) is 0 Å². The average Bonchev–Trinajstić information content (AvgIpc) is 2.46. The van der Waals surface area contributed by atoms with E-state index in [2.05, 4.69) is 0 Å². The van der Waals surface area contributed by atoms with Crippen LogP contribution in [0.15, 0.2) is 42.5 Å². The van der Waals surface area contributed by atoms with E-state index in [1.807, 2.05) is 6.07 Å². The molecule has 0 saturated carbocycles. The molecule has 0 aliphatic heterocycles. The number of rotatable bonds is 4. The lowest BCUT2D eigenvalue weighted by Crippen LogP contribution is -2.27. The van der Waals surface area contributed by atoms with Crippen LogP contribution in [0.2, 0.25) is 0 Å². The van der Waals surface area contributed by atoms with E-state index in [0.29, 0.717) is 11.3 Å². The minimum absolute atomic E-state index is 0.226. The van der Waals surface area contributed by atoms with Crippen LogP contribution < -0.4 is 4.90 Å². The summed E-state index contributed by atoms with van der Waals surface area (Å²) in [6, 6.07) is 12.0. The van der Waals surface area contributed by atoms with Crippen molar-refractivity contribution in [2.75, 3.05) is 18.5 Å². The highest BCUT2D eigenvalue weighted by Gasteiger charge is 2.19. The first-order valence-electron chi connectivity index (χ1n) is 6.22. The van der Waals surface area contributed by atoms with E-state index in [1.54, 1.807) is 31.3 Å². The van der Waals surface area contributed by atoms with Crippen molar-refractivity contribution in [3.63, 3.8) is 0 Å². The van der Waals surface area contributed by atoms with Gasteiger partial charge in [0.25, 0.3) is 0 Å². The molecule has 3 nitrogen and oxygen atoms in total. The summed E-state index contributed by atoms with van der Waals surface area (Å²) in [5, 5.41) is 9.03. The Labute approximate surface area is 121 Å². The summed E-state index contributed by atoms with van der Waals surface area (Å²) in [6.07, 6.45) is 0. The molecular weight excluding hydrogens is 274 g/mol. The van der Waals surface area contributed by atoms with Gasteiger partial charge >= 0.3 is 0 Å². The summed E-state index contributed by atoms with van der Waals surface area (Å²) in [4.78, 5) is 13.6. The Hall–Kier alpha value is -2.74. The Morgan fingerprint density at radius 2 is 1.76 bits per heavy atom. The van der Waals surface area contributed by atoms with Crippen LogP contribution in [0, 0.1) is 23.0 Å². The number of ketones is 1. The summed E-state index contributed by atoms with van der Waals surface area (Å²) >= 11 is 0. The number of benzene rings is 2. The van der Waals surface area contributed by atoms with Gasteiger partial charge in [0.2, 0.25) is 0 Å². The zero-order chi connectivity index (χ0) is 15.4. The Kier molecular flexibility index (Phi) is 4.29. The number of hydrogen-bond donors (Lipinski definition) is 0. The molecule has 0 fully saturated rings. The van der Waals surface area contributed by atoms with Crippen LogP contribution >= 0.6 is 0 Å². The van der Waals surface area contributed by atoms with Crippen molar-refractivity contribution in [1.29, 1.82) is 5.26 Å². The minimum atomic E-state index is -0.887. The van der Waals surface area contributed by atoms with E-state index in [9.17, 15) is 13.6 Å². The molecular formula is C16H12F2N2O. The fourth-order valence-corrected chi connectivity index (χ4v) is 2.04. The van der Waals surface area contributed by atoms with Gasteiger partial charge in [-0.3, -0.25) is 4.79 Å². The van der Waals surface area contributed by atoms with Gasteiger partial charge in [-0.2, -0.15) is 5.26 Å². The molecule has 0 unspecified atom stereocenters. The lowest BCUT2D eigenvalue weighted by atomic mass is 10.1. The van der Waals surface area contributed by atoms with Crippen molar-refractivity contribution in [3.05, 3.63) is 65.2 Å². The van der Waals surface area contributed by atoms with Crippen molar-refractivity contribution >= 4 is 11.5 Å². The molecule has 0 saturated heterocycles. The number of nitriles is 1. The van der Waals surface area contributed by atoms with Crippen LogP contribution in [0.25, 0.3) is 0 Å². The quantitative estimate of drug-likeness (QED) is 0.811. The van der Waals surface area contributed by atoms with Crippen molar-refractivity contribution in [2.45, 2.75) is 0 Å². The highest BCUT2D eigenvalue weighted by Crippen LogP contribution is 2.19. The second-order valence-corrected chi connectivity index (χ2v) is 4.50. The maximum Gasteiger partial charge on any atom is 0.187 e. The first-order valence-corrected chi connectivity index (χ1v) is 6.22. The van der Waals surface area contributed by atoms with Gasteiger partial charge in [0, 0.05) is 7.05 Å². The number of likely N-dealkylation sites (N-methyl/N-ethyl adjacent to an activating group) is 1. The topological polar surface area (TPSA) is 44.1 Å². The third kappa shape index (κ3) is 3.06. The number of halogens is 2. The van der Waals surface area contributed by atoms with Gasteiger partial charge in [-0.25, -0.2) is 8.78 Å². The van der Waals surface area contributed by atoms with Crippen molar-refractivity contribution < 1.29 is 13.6 Å². The highest BCUT2D eigenvalue weighted by atomic mass is 19.1. The minimum Gasteiger partial charge on any atom is -0.366 e. The van der Waals surface area contributed by atoms with Crippen LogP contribution in [0.5, 0.6) is 0 Å². The Morgan fingerprint density at radius 1 is 1.14 bits per heavy atom. The molecule has 0 atom stereocenters. The fraction of sp³-hybridized carbons (Fsp3) is 0.125. The van der Waals surface area contributed by atoms with Crippen LogP contribution in [-0.4, -0.2) is 19.4 Å². The third-order valence-electron chi connectivity index (χ3n) is 3.06. The van der Waals surface area contributed by atoms with Crippen LogP contribution in [0.1, 0.15) is 15.9 Å². The molecule has 0 aliphatic rings. The third-order valence-corrected chi connectivity index (χ3v) is 3.06. The summed E-state index contributed by atoms with van der Waals surface area (Å²) in [5.41, 5.74) is 0.366. The molecule has 106 valence electrons. The predicted octanol–water partition coefficient (Wildman–Crippen LogP) is 3.16. The number of carbonyl (C=O) groups excluding carboxylic acids is 1. The summed E-state index contributed by atoms with van der Waals surface area (Å²) < 4.78 is 27.1. The largest absolute Gasteiger partial charge is 0.366 e. The summed E-state index contributed by atoms with van der Waals surface area (Å²) in [6.45, 7) is -0.226. The van der Waals surface area contributed by atoms with E-state index in [1.165, 1.54) is 11.0 Å². The normalized spacial score (nSPS) is 10.0. The molecule has 0 N–H and O–H groups in total. The van der Waals surface area contributed by atoms with E-state index < -0.39 is 23.0 Å². The number of nitrogens with zero attached hydrogens (tertiary/aromatic N) is 2. The van der Waals surface area contributed by atoms with Crippen molar-refractivity contribution in [3.8, 4) is 6.07 Å². The summed E-state index contributed by atoms with van der Waals surface area (Å²) in [7, 11) is 1.59. The van der Waals surface area contributed by atoms with Gasteiger partial charge in [0.15, 0.2) is 5.78 Å².